The molecular formula is C21H39N5O4. The zero-order valence-corrected chi connectivity index (χ0v) is 18.8. The van der Waals surface area contributed by atoms with E-state index in [1.54, 1.807) is 19.0 Å². The molecule has 3 rings (SSSR count). The van der Waals surface area contributed by atoms with Gasteiger partial charge in [-0.1, -0.05) is 6.92 Å². The number of morpholine rings is 1. The molecule has 0 aromatic carbocycles. The predicted octanol–water partition coefficient (Wildman–Crippen LogP) is 0.264. The molecule has 2 saturated heterocycles. The molecule has 30 heavy (non-hydrogen) atoms. The van der Waals surface area contributed by atoms with Gasteiger partial charge in [0.25, 0.3) is 0 Å². The lowest BCUT2D eigenvalue weighted by Gasteiger charge is -2.34. The number of hydrogen-bond donors (Lipinski definition) is 2. The Morgan fingerprint density at radius 2 is 1.93 bits per heavy atom. The first-order valence-electron chi connectivity index (χ1n) is 11.3. The fraction of sp³-hybridized carbons (Fsp3) is 0.905. The lowest BCUT2D eigenvalue weighted by Crippen LogP contribution is -2.46. The van der Waals surface area contributed by atoms with Crippen molar-refractivity contribution >= 4 is 11.9 Å². The van der Waals surface area contributed by atoms with Crippen LogP contribution in [0.1, 0.15) is 32.6 Å². The Morgan fingerprint density at radius 1 is 1.20 bits per heavy atom. The summed E-state index contributed by atoms with van der Waals surface area (Å²) < 4.78 is 17.7. The number of likely N-dealkylation sites (N-methyl/N-ethyl adjacent to an activating group) is 1. The van der Waals surface area contributed by atoms with Crippen LogP contribution in [0.4, 0.5) is 0 Å². The third kappa shape index (κ3) is 7.08. The Labute approximate surface area is 180 Å². The molecule has 0 aromatic heterocycles. The summed E-state index contributed by atoms with van der Waals surface area (Å²) in [4.78, 5) is 20.3. The van der Waals surface area contributed by atoms with E-state index in [2.05, 4.69) is 27.4 Å². The predicted molar refractivity (Wildman–Crippen MR) is 115 cm³/mol. The van der Waals surface area contributed by atoms with Gasteiger partial charge in [-0.2, -0.15) is 0 Å². The first-order chi connectivity index (χ1) is 14.5. The van der Waals surface area contributed by atoms with E-state index in [1.807, 2.05) is 0 Å². The van der Waals surface area contributed by atoms with Crippen molar-refractivity contribution in [2.24, 2.45) is 10.9 Å². The van der Waals surface area contributed by atoms with Crippen molar-refractivity contribution in [1.82, 2.24) is 20.4 Å². The fourth-order valence-electron chi connectivity index (χ4n) is 4.01. The summed E-state index contributed by atoms with van der Waals surface area (Å²) in [7, 11) is 3.48. The third-order valence-electron chi connectivity index (χ3n) is 6.14. The lowest BCUT2D eigenvalue weighted by molar-refractivity contribution is -0.191. The maximum atomic E-state index is 12.0. The number of guanidine groups is 1. The van der Waals surface area contributed by atoms with E-state index in [0.717, 1.165) is 71.0 Å². The summed E-state index contributed by atoms with van der Waals surface area (Å²) in [6, 6.07) is 0. The van der Waals surface area contributed by atoms with Crippen LogP contribution in [-0.2, 0) is 19.0 Å². The maximum absolute atomic E-state index is 12.0. The highest BCUT2D eigenvalue weighted by Crippen LogP contribution is 2.39. The Morgan fingerprint density at radius 3 is 2.63 bits per heavy atom. The van der Waals surface area contributed by atoms with E-state index >= 15 is 0 Å². The summed E-state index contributed by atoms with van der Waals surface area (Å²) in [6.07, 6.45) is 4.25. The molecule has 1 atom stereocenters. The number of ether oxygens (including phenoxy) is 3. The Balaban J connectivity index is 1.46. The van der Waals surface area contributed by atoms with Crippen molar-refractivity contribution in [3.63, 3.8) is 0 Å². The van der Waals surface area contributed by atoms with Gasteiger partial charge in [0.1, 0.15) is 12.6 Å². The molecule has 3 aliphatic rings. The number of carbonyl (C=O) groups is 1. The van der Waals surface area contributed by atoms with Crippen molar-refractivity contribution in [2.45, 2.75) is 44.5 Å². The molecular weight excluding hydrogens is 386 g/mol. The van der Waals surface area contributed by atoms with Crippen LogP contribution in [0.5, 0.6) is 0 Å². The minimum atomic E-state index is -0.388. The average molecular weight is 426 g/mol. The van der Waals surface area contributed by atoms with E-state index in [1.165, 1.54) is 0 Å². The number of aliphatic imine (C=N–C) groups is 1. The zero-order valence-electron chi connectivity index (χ0n) is 18.8. The summed E-state index contributed by atoms with van der Waals surface area (Å²) >= 11 is 0. The third-order valence-corrected chi connectivity index (χ3v) is 6.14. The van der Waals surface area contributed by atoms with Crippen LogP contribution in [0.15, 0.2) is 4.99 Å². The SMILES string of the molecule is CC1CCC2(CC1)OCC(CNC(=NCC(=O)N(C)C)NCCN1CCOCC1)O2. The molecule has 0 radical (unpaired) electrons. The highest BCUT2D eigenvalue weighted by molar-refractivity contribution is 5.84. The maximum Gasteiger partial charge on any atom is 0.243 e. The number of hydrogen-bond acceptors (Lipinski definition) is 6. The minimum Gasteiger partial charge on any atom is -0.379 e. The van der Waals surface area contributed by atoms with Crippen molar-refractivity contribution in [3.8, 4) is 0 Å². The van der Waals surface area contributed by atoms with Crippen LogP contribution >= 0.6 is 0 Å². The molecule has 2 heterocycles. The molecule has 1 unspecified atom stereocenters. The van der Waals surface area contributed by atoms with Crippen molar-refractivity contribution in [1.29, 1.82) is 0 Å². The number of nitrogens with zero attached hydrogens (tertiary/aromatic N) is 3. The van der Waals surface area contributed by atoms with E-state index in [0.29, 0.717) is 19.1 Å². The summed E-state index contributed by atoms with van der Waals surface area (Å²) in [6.45, 7) is 8.76. The van der Waals surface area contributed by atoms with Gasteiger partial charge >= 0.3 is 0 Å². The number of rotatable bonds is 7. The molecule has 9 heteroatoms. The van der Waals surface area contributed by atoms with E-state index in [4.69, 9.17) is 14.2 Å². The van der Waals surface area contributed by atoms with Gasteiger partial charge in [0.05, 0.1) is 19.8 Å². The van der Waals surface area contributed by atoms with Crippen molar-refractivity contribution in [2.75, 3.05) is 73.2 Å². The molecule has 2 aliphatic heterocycles. The fourth-order valence-corrected chi connectivity index (χ4v) is 4.01. The van der Waals surface area contributed by atoms with Crippen LogP contribution < -0.4 is 10.6 Å². The van der Waals surface area contributed by atoms with E-state index in [-0.39, 0.29) is 24.3 Å². The molecule has 0 bridgehead atoms. The smallest absolute Gasteiger partial charge is 0.243 e. The van der Waals surface area contributed by atoms with Gasteiger partial charge in [0.15, 0.2) is 11.7 Å². The molecule has 1 aliphatic carbocycles. The second-order valence-corrected chi connectivity index (χ2v) is 8.86. The molecule has 0 aromatic rings. The molecule has 172 valence electrons. The van der Waals surface area contributed by atoms with Gasteiger partial charge in [0, 0.05) is 59.7 Å². The molecule has 1 spiro atoms. The number of nitrogens with one attached hydrogen (secondary N) is 2. The first kappa shape index (κ1) is 23.2. The monoisotopic (exact) mass is 425 g/mol. The second kappa shape index (κ2) is 11.3. The highest BCUT2D eigenvalue weighted by Gasteiger charge is 2.43. The quantitative estimate of drug-likeness (QED) is 0.447. The Kier molecular flexibility index (Phi) is 8.73. The standard InChI is InChI=1S/C21H39N5O4/c1-17-4-6-21(7-5-17)29-16-18(30-21)14-23-20(24-15-19(27)25(2)3)22-8-9-26-10-12-28-13-11-26/h17-18H,4-16H2,1-3H3,(H2,22,23,24). The second-order valence-electron chi connectivity index (χ2n) is 8.86. The van der Waals surface area contributed by atoms with Gasteiger partial charge in [-0.3, -0.25) is 9.69 Å². The lowest BCUT2D eigenvalue weighted by atomic mass is 9.86. The van der Waals surface area contributed by atoms with Crippen LogP contribution in [0.2, 0.25) is 0 Å². The minimum absolute atomic E-state index is 0.00537. The number of amides is 1. The summed E-state index contributed by atoms with van der Waals surface area (Å²) in [5.41, 5.74) is 0. The highest BCUT2D eigenvalue weighted by atomic mass is 16.7. The van der Waals surface area contributed by atoms with Gasteiger partial charge in [-0.15, -0.1) is 0 Å². The summed E-state index contributed by atoms with van der Waals surface area (Å²) in [5, 5.41) is 6.70. The van der Waals surface area contributed by atoms with Crippen LogP contribution in [0.25, 0.3) is 0 Å². The number of carbonyl (C=O) groups excluding carboxylic acids is 1. The molecule has 9 nitrogen and oxygen atoms in total. The molecule has 3 fully saturated rings. The van der Waals surface area contributed by atoms with Crippen LogP contribution in [0, 0.1) is 5.92 Å². The van der Waals surface area contributed by atoms with Crippen LogP contribution in [0.3, 0.4) is 0 Å². The van der Waals surface area contributed by atoms with E-state index < -0.39 is 0 Å². The van der Waals surface area contributed by atoms with Crippen molar-refractivity contribution in [3.05, 3.63) is 0 Å². The van der Waals surface area contributed by atoms with Crippen LogP contribution in [-0.4, -0.2) is 107 Å². The zero-order chi connectivity index (χ0) is 21.4. The Hall–Kier alpha value is -1.42. The normalized spacial score (nSPS) is 30.4. The molecule has 1 amide bonds. The van der Waals surface area contributed by atoms with Crippen molar-refractivity contribution < 1.29 is 19.0 Å². The Bertz CT molecular complexity index is 572. The van der Waals surface area contributed by atoms with Gasteiger partial charge < -0.3 is 29.7 Å². The average Bonchev–Trinajstić information content (AvgIpc) is 3.15. The first-order valence-corrected chi connectivity index (χ1v) is 11.3. The molecule has 2 N–H and O–H groups in total. The molecule has 1 saturated carbocycles. The van der Waals surface area contributed by atoms with Gasteiger partial charge in [-0.25, -0.2) is 4.99 Å². The summed E-state index contributed by atoms with van der Waals surface area (Å²) in [5.74, 6) is 0.977. The van der Waals surface area contributed by atoms with Gasteiger partial charge in [0.2, 0.25) is 5.91 Å². The topological polar surface area (TPSA) is 87.7 Å². The van der Waals surface area contributed by atoms with E-state index in [9.17, 15) is 4.79 Å². The van der Waals surface area contributed by atoms with Gasteiger partial charge in [-0.05, 0) is 18.8 Å². The largest absolute Gasteiger partial charge is 0.379 e.